The number of unbranched alkanes of at least 4 members (excludes halogenated alkanes) is 12. The molecule has 0 aliphatic rings. The summed E-state index contributed by atoms with van der Waals surface area (Å²) in [5.74, 6) is 0. The number of alkyl halides is 2. The van der Waals surface area contributed by atoms with E-state index < -0.39 is 137 Å². The van der Waals surface area contributed by atoms with Crippen LogP contribution >= 0.6 is 31.9 Å². The van der Waals surface area contributed by atoms with Gasteiger partial charge in [0, 0.05) is 69.6 Å². The monoisotopic (exact) mass is 2560 g/mol. The Morgan fingerprint density at radius 2 is 0.459 bits per heavy atom. The fourth-order valence-corrected chi connectivity index (χ4v) is 28.1. The van der Waals surface area contributed by atoms with Crippen LogP contribution < -0.4 is 148 Å². The van der Waals surface area contributed by atoms with Crippen molar-refractivity contribution < 1.29 is 245 Å². The molecule has 9 rings (SSSR count). The van der Waals surface area contributed by atoms with Crippen LogP contribution in [0.5, 0.6) is 0 Å². The zero-order chi connectivity index (χ0) is 107. The van der Waals surface area contributed by atoms with Gasteiger partial charge in [0.1, 0.15) is 0 Å². The summed E-state index contributed by atoms with van der Waals surface area (Å²) in [5.41, 5.74) is 7.44. The second-order valence-electron chi connectivity index (χ2n) is 34.8. The van der Waals surface area contributed by atoms with Gasteiger partial charge in [0.05, 0.1) is 29.4 Å². The summed E-state index contributed by atoms with van der Waals surface area (Å²) in [6.07, 6.45) is 13.1. The topological polar surface area (TPSA) is 452 Å². The minimum atomic E-state index is -4.37. The van der Waals surface area contributed by atoms with E-state index in [1.165, 1.54) is 187 Å². The van der Waals surface area contributed by atoms with Gasteiger partial charge in [0.2, 0.25) is 60.1 Å². The van der Waals surface area contributed by atoms with Crippen molar-refractivity contribution in [3.63, 3.8) is 0 Å². The van der Waals surface area contributed by atoms with Crippen LogP contribution in [0.1, 0.15) is 141 Å². The Morgan fingerprint density at radius 1 is 0.288 bits per heavy atom. The summed E-state index contributed by atoms with van der Waals surface area (Å²) >= 11 is 6.87. The molecule has 33 nitrogen and oxygen atoms in total. The molecule has 49 heteroatoms. The van der Waals surface area contributed by atoms with Crippen LogP contribution in [0.25, 0.3) is 0 Å². The van der Waals surface area contributed by atoms with Crippen LogP contribution in [-0.4, -0.2) is 257 Å². The first-order chi connectivity index (χ1) is 67.9. The molecule has 0 saturated carbocycles. The van der Waals surface area contributed by atoms with Gasteiger partial charge < -0.3 is 21.6 Å². The first-order valence-electron chi connectivity index (χ1n) is 47.2. The third-order valence-corrected chi connectivity index (χ3v) is 41.3. The van der Waals surface area contributed by atoms with Gasteiger partial charge in [-0.2, -0.15) is 12.9 Å². The van der Waals surface area contributed by atoms with Crippen molar-refractivity contribution in [3.05, 3.63) is 268 Å². The smallest absolute Gasteiger partial charge is 1.00 e. The van der Waals surface area contributed by atoms with Gasteiger partial charge >= 0.3 is 403 Å². The van der Waals surface area contributed by atoms with E-state index in [1.807, 2.05) is 34.6 Å². The average Bonchev–Trinajstić information content (AvgIpc) is 0.787. The molecule has 0 heterocycles. The maximum absolute atomic E-state index is 14.5. The Kier molecular flexibility index (Phi) is 61.1. The molecule has 3 N–H and O–H groups in total. The van der Waals surface area contributed by atoms with Crippen molar-refractivity contribution in [2.75, 3.05) is 109 Å². The minimum Gasteiger partial charge on any atom is -1.00 e. The standard InChI is InChI=1S/C61H82B2N6O14S6.C26H34BN3O7S3.C9H18Br2.CH2O3.2Cs.H/c1-50-15-27-56(28-16-50)84(72,73)64(41-43-66(86(76,77)58-31-19-52(3)20-32-58)45-46-68(49-62-70)88(80,81)60-35-23-54(5)24-36-60)39-13-11-9-8-10-12-14-40-65(85(74,75)57-29-17-51(2)18-30-57)42-44-67(87(78,79)59-33-21-53(4)22-34-59)47-48-69(63(7)71)89(82,83)61-37-25-55(6)26-38-61;1-21-5-11-24(12-6-21)38(32,33)28-17-18-29(39(34,35)25-13-7-22(2)8-14-25)19-20-30(27(4)31)40(36,37)26-15-9-23(3)10-16-26;10-8-6-4-2-1-3-5-7-9-11;2-1-4-3;;;/h15-38,71H,8-14,39-49H2,1-7H3;5-16,28,31H,17-20H2,1-4H3;1-9H2;1,3H;;;/q;;;;2*+1;-1/p-1. The maximum atomic E-state index is 14.5. The summed E-state index contributed by atoms with van der Waals surface area (Å²) < 4.78 is 273. The molecule has 0 spiro atoms. The summed E-state index contributed by atoms with van der Waals surface area (Å²) in [5, 5.41) is 31.9. The molecule has 0 atom stereocenters. The molecule has 0 unspecified atom stereocenters. The third kappa shape index (κ3) is 42.9. The van der Waals surface area contributed by atoms with Crippen molar-refractivity contribution in [1.29, 1.82) is 0 Å². The van der Waals surface area contributed by atoms with Crippen LogP contribution in [-0.2, 0) is 105 Å². The summed E-state index contributed by atoms with van der Waals surface area (Å²) in [6, 6.07) is 55.3. The molecule has 0 aliphatic carbocycles. The second-order valence-corrected chi connectivity index (χ2v) is 53.5. The molecule has 9 aromatic carbocycles. The normalized spacial score (nSPS) is 12.2. The zero-order valence-corrected chi connectivity index (χ0v) is 108. The number of benzene rings is 9. The van der Waals surface area contributed by atoms with E-state index in [0.717, 1.165) is 75.7 Å². The Hall–Kier alpha value is -3.42. The predicted molar refractivity (Wildman–Crippen MR) is 571 cm³/mol. The van der Waals surface area contributed by atoms with E-state index in [4.69, 9.17) is 10.1 Å². The molecular formula is C97H136B3Br2Cs2N9O24S9. The number of carbonyl (C=O) groups is 1. The largest absolute Gasteiger partial charge is 1.00 e. The van der Waals surface area contributed by atoms with E-state index in [2.05, 4.69) is 41.5 Å². The molecule has 0 aromatic heterocycles. The Labute approximate surface area is 1010 Å². The number of halogens is 2. The van der Waals surface area contributed by atoms with Gasteiger partial charge in [0.15, 0.2) is 0 Å². The number of nitrogens with one attached hydrogen (secondary N) is 1. The summed E-state index contributed by atoms with van der Waals surface area (Å²) in [7, 11) is -40.5. The fraction of sp³-hybridized carbons (Fsp3) is 0.433. The van der Waals surface area contributed by atoms with Crippen LogP contribution in [0.15, 0.2) is 262 Å². The average molecular weight is 2560 g/mol. The van der Waals surface area contributed by atoms with Crippen LogP contribution in [0.3, 0.4) is 0 Å². The summed E-state index contributed by atoms with van der Waals surface area (Å²) in [4.78, 5) is 10.9. The van der Waals surface area contributed by atoms with Gasteiger partial charge in [-0.15, -0.1) is 0 Å². The number of sulfonamides is 9. The van der Waals surface area contributed by atoms with Crippen molar-refractivity contribution >= 4 is 150 Å². The zero-order valence-electron chi connectivity index (χ0n) is 86.4. The molecule has 0 saturated heterocycles. The van der Waals surface area contributed by atoms with Gasteiger partial charge in [0.25, 0.3) is 6.47 Å². The van der Waals surface area contributed by atoms with Crippen LogP contribution in [0.2, 0.25) is 13.6 Å². The first-order valence-corrected chi connectivity index (χ1v) is 62.4. The fourth-order valence-electron chi connectivity index (χ4n) is 14.7. The summed E-state index contributed by atoms with van der Waals surface area (Å²) in [6.45, 7) is 14.3. The number of nitrogens with zero attached hydrogens (tertiary/aromatic N) is 8. The molecule has 0 aliphatic heterocycles. The molecule has 0 fully saturated rings. The molecule has 792 valence electrons. The predicted octanol–water partition coefficient (Wildman–Crippen LogP) is 7.27. The van der Waals surface area contributed by atoms with E-state index in [9.17, 15) is 90.5 Å². The SMILES string of the molecule is BrCCCCCCCCCBr.CB(O)N(CCN(CCN(CCCCCCCCCN(CCN(CCN(CB=O)S(=O)(=O)c1ccc(C)cc1)S(=O)(=O)c1ccc(C)cc1)S(=O)(=O)c1ccc(C)cc1)S(=O)(=O)c1ccc(C)cc1)S(=O)(=O)c1ccc(C)cc1)S(=O)(=O)c1ccc(C)cc1.CB(O)N(CCN(CCNS(=O)(=O)c1ccc(C)cc1)S(=O)(=O)c1ccc(C)cc1)S(=O)(=O)c1ccc(C)cc1.O=CO[O-].[Cs+].[Cs+].[H-]. The second kappa shape index (κ2) is 66.2. The van der Waals surface area contributed by atoms with Crippen molar-refractivity contribution in [2.24, 2.45) is 0 Å². The number of hydrogen-bond donors (Lipinski definition) is 3. The number of carbonyl (C=O) groups excluding carboxylic acids is 1. The van der Waals surface area contributed by atoms with E-state index >= 15 is 0 Å². The van der Waals surface area contributed by atoms with Crippen LogP contribution in [0, 0.1) is 62.3 Å². The van der Waals surface area contributed by atoms with E-state index in [0.29, 0.717) is 52.1 Å². The van der Waals surface area contributed by atoms with Crippen molar-refractivity contribution in [2.45, 2.75) is 210 Å². The van der Waals surface area contributed by atoms with Crippen molar-refractivity contribution in [1.82, 2.24) is 39.0 Å². The van der Waals surface area contributed by atoms with Gasteiger partial charge in [-0.05, 0) is 154 Å². The first kappa shape index (κ1) is 135. The van der Waals surface area contributed by atoms with Crippen molar-refractivity contribution in [3.8, 4) is 0 Å². The quantitative estimate of drug-likeness (QED) is 0.00841. The minimum absolute atomic E-state index is 0. The van der Waals surface area contributed by atoms with Gasteiger partial charge in [-0.25, -0.2) is 63.7 Å². The molecule has 146 heavy (non-hydrogen) atoms. The van der Waals surface area contributed by atoms with Gasteiger partial charge in [-0.1, -0.05) is 195 Å². The number of hydrogen-bond acceptors (Lipinski definition) is 24. The maximum Gasteiger partial charge on any atom is 1.00 e. The Balaban J connectivity index is 0.000000785. The molecule has 0 bridgehead atoms. The number of aryl methyl sites for hydroxylation is 9. The third-order valence-electron chi connectivity index (χ3n) is 23.4. The van der Waals surface area contributed by atoms with E-state index in [-0.39, 0.29) is 255 Å². The molecule has 9 aromatic rings. The number of rotatable bonds is 59. The molecule has 0 amide bonds. The van der Waals surface area contributed by atoms with Crippen LogP contribution in [0.4, 0.5) is 0 Å². The molecular weight excluding hydrogens is 2420 g/mol. The Bertz CT molecular complexity index is 6600. The Morgan fingerprint density at radius 3 is 0.664 bits per heavy atom. The van der Waals surface area contributed by atoms with Gasteiger partial charge in [-0.3, -0.25) is 4.79 Å². The van der Waals surface area contributed by atoms with E-state index in [1.54, 1.807) is 137 Å². The molecule has 0 radical (unpaired) electrons.